The molecule has 2 fully saturated rings. The number of nitrogens with zero attached hydrogens (tertiary/aromatic N) is 1. The van der Waals surface area contributed by atoms with Gasteiger partial charge in [-0.1, -0.05) is 6.07 Å². The molecule has 1 aliphatic heterocycles. The quantitative estimate of drug-likeness (QED) is 0.271. The molecule has 10 nitrogen and oxygen atoms in total. The number of amides is 3. The molecule has 0 spiro atoms. The van der Waals surface area contributed by atoms with Gasteiger partial charge < -0.3 is 26.0 Å². The van der Waals surface area contributed by atoms with E-state index in [-0.39, 0.29) is 46.5 Å². The number of hydrogen-bond acceptors (Lipinski definition) is 7. The third-order valence-electron chi connectivity index (χ3n) is 7.88. The molecule has 3 aromatic carbocycles. The number of carbonyl (C=O) groups excluding carboxylic acids is 3. The SMILES string of the molecule is CCOc1cc([C@@H](Nc2cc(C(N)=O)ccc2F)C(=O)N2CCC[C@@H]2c2cc(NC(C)=O)ccc2S(=O)(=O)C2CC2)ccc1F. The Kier molecular flexibility index (Phi) is 9.10. The maximum atomic E-state index is 15.0. The molecule has 1 saturated carbocycles. The third kappa shape index (κ3) is 6.77. The Hall–Kier alpha value is -4.52. The fourth-order valence-corrected chi connectivity index (χ4v) is 7.52. The van der Waals surface area contributed by atoms with Crippen LogP contribution >= 0.6 is 0 Å². The van der Waals surface area contributed by atoms with Crippen LogP contribution in [0.25, 0.3) is 0 Å². The van der Waals surface area contributed by atoms with Crippen molar-refractivity contribution in [3.8, 4) is 5.75 Å². The summed E-state index contributed by atoms with van der Waals surface area (Å²) in [4.78, 5) is 39.8. The first kappa shape index (κ1) is 31.9. The van der Waals surface area contributed by atoms with Gasteiger partial charge in [0.15, 0.2) is 21.4 Å². The molecular weight excluding hydrogens is 606 g/mol. The zero-order valence-electron chi connectivity index (χ0n) is 24.8. The minimum atomic E-state index is -3.70. The summed E-state index contributed by atoms with van der Waals surface area (Å²) in [6.07, 6.45) is 2.04. The molecule has 238 valence electrons. The number of anilines is 2. The Morgan fingerprint density at radius 1 is 1.02 bits per heavy atom. The summed E-state index contributed by atoms with van der Waals surface area (Å²) in [6, 6.07) is 9.85. The molecule has 13 heteroatoms. The van der Waals surface area contributed by atoms with Crippen LogP contribution in [0.2, 0.25) is 0 Å². The lowest BCUT2D eigenvalue weighted by Gasteiger charge is -2.31. The van der Waals surface area contributed by atoms with Gasteiger partial charge in [-0.2, -0.15) is 0 Å². The number of sulfone groups is 1. The Morgan fingerprint density at radius 2 is 1.76 bits per heavy atom. The monoisotopic (exact) mass is 640 g/mol. The van der Waals surface area contributed by atoms with E-state index in [1.54, 1.807) is 13.0 Å². The van der Waals surface area contributed by atoms with Crippen LogP contribution < -0.4 is 21.1 Å². The Morgan fingerprint density at radius 3 is 2.42 bits per heavy atom. The average Bonchev–Trinajstić information content (AvgIpc) is 3.75. The van der Waals surface area contributed by atoms with E-state index in [0.717, 1.165) is 12.1 Å². The molecule has 0 bridgehead atoms. The maximum absolute atomic E-state index is 15.0. The van der Waals surface area contributed by atoms with Crippen LogP contribution in [0.15, 0.2) is 59.5 Å². The van der Waals surface area contributed by atoms with Crippen LogP contribution in [-0.2, 0) is 19.4 Å². The second kappa shape index (κ2) is 12.8. The molecule has 0 aromatic heterocycles. The lowest BCUT2D eigenvalue weighted by Crippen LogP contribution is -2.38. The van der Waals surface area contributed by atoms with Crippen LogP contribution in [0.4, 0.5) is 20.2 Å². The number of primary amides is 1. The summed E-state index contributed by atoms with van der Waals surface area (Å²) in [5, 5.41) is 5.05. The van der Waals surface area contributed by atoms with Gasteiger partial charge in [-0.3, -0.25) is 14.4 Å². The number of halogens is 2. The van der Waals surface area contributed by atoms with Crippen molar-refractivity contribution in [1.29, 1.82) is 0 Å². The minimum absolute atomic E-state index is 0.00275. The fourth-order valence-electron chi connectivity index (χ4n) is 5.62. The number of rotatable bonds is 11. The van der Waals surface area contributed by atoms with Gasteiger partial charge in [0.1, 0.15) is 11.9 Å². The molecule has 5 rings (SSSR count). The standard InChI is InChI=1S/C32H34F2N4O6S/c1-3-44-28-16-19(6-12-25(28)34)30(37-26-15-20(31(35)40)7-11-24(26)33)32(41)38-14-4-5-27(38)23-17-21(36-18(2)39)8-13-29(23)45(42,43)22-9-10-22/h6-8,11-13,15-17,22,27,30,37H,3-5,9-10,14H2,1-2H3,(H2,35,40)(H,36,39)/t27-,30-/m1/s1. The van der Waals surface area contributed by atoms with Crippen LogP contribution in [0.3, 0.4) is 0 Å². The van der Waals surface area contributed by atoms with Gasteiger partial charge in [0.05, 0.1) is 28.5 Å². The van der Waals surface area contributed by atoms with E-state index >= 15 is 4.39 Å². The molecule has 3 aromatic rings. The van der Waals surface area contributed by atoms with Crippen LogP contribution in [-0.4, -0.2) is 49.4 Å². The van der Waals surface area contributed by atoms with Gasteiger partial charge >= 0.3 is 0 Å². The van der Waals surface area contributed by atoms with E-state index in [4.69, 9.17) is 10.5 Å². The number of hydrogen-bond donors (Lipinski definition) is 3. The number of benzene rings is 3. The van der Waals surface area contributed by atoms with E-state index < -0.39 is 50.6 Å². The van der Waals surface area contributed by atoms with Gasteiger partial charge in [-0.05, 0) is 92.3 Å². The lowest BCUT2D eigenvalue weighted by molar-refractivity contribution is -0.133. The van der Waals surface area contributed by atoms with Gasteiger partial charge in [-0.15, -0.1) is 0 Å². The average molecular weight is 641 g/mol. The normalized spacial score (nSPS) is 17.1. The van der Waals surface area contributed by atoms with Crippen molar-refractivity contribution < 1.29 is 36.3 Å². The second-order valence-corrected chi connectivity index (χ2v) is 13.3. The first-order chi connectivity index (χ1) is 21.4. The molecule has 3 amide bonds. The molecule has 45 heavy (non-hydrogen) atoms. The first-order valence-electron chi connectivity index (χ1n) is 14.6. The highest BCUT2D eigenvalue weighted by molar-refractivity contribution is 7.92. The highest BCUT2D eigenvalue weighted by Crippen LogP contribution is 2.43. The number of likely N-dealkylation sites (tertiary alicyclic amines) is 1. The Bertz CT molecular complexity index is 1760. The highest BCUT2D eigenvalue weighted by atomic mass is 32.2. The van der Waals surface area contributed by atoms with E-state index in [0.29, 0.717) is 36.9 Å². The smallest absolute Gasteiger partial charge is 0.250 e. The van der Waals surface area contributed by atoms with Crippen molar-refractivity contribution in [1.82, 2.24) is 4.90 Å². The molecule has 1 aliphatic carbocycles. The predicted octanol–water partition coefficient (Wildman–Crippen LogP) is 4.87. The van der Waals surface area contributed by atoms with Crippen molar-refractivity contribution in [2.75, 3.05) is 23.8 Å². The van der Waals surface area contributed by atoms with Crippen molar-refractivity contribution >= 4 is 38.9 Å². The summed E-state index contributed by atoms with van der Waals surface area (Å²) in [7, 11) is -3.70. The molecular formula is C32H34F2N4O6S. The molecule has 0 radical (unpaired) electrons. The summed E-state index contributed by atoms with van der Waals surface area (Å²) < 4.78 is 62.0. The second-order valence-electron chi connectivity index (χ2n) is 11.1. The lowest BCUT2D eigenvalue weighted by atomic mass is 10.0. The fraction of sp³-hybridized carbons (Fsp3) is 0.344. The molecule has 2 aliphatic rings. The van der Waals surface area contributed by atoms with Crippen molar-refractivity contribution in [3.05, 3.63) is 82.9 Å². The van der Waals surface area contributed by atoms with Gasteiger partial charge in [0, 0.05) is 24.7 Å². The first-order valence-corrected chi connectivity index (χ1v) is 16.2. The summed E-state index contributed by atoms with van der Waals surface area (Å²) in [6.45, 7) is 3.41. The predicted molar refractivity (Wildman–Crippen MR) is 163 cm³/mol. The third-order valence-corrected chi connectivity index (χ3v) is 10.2. The van der Waals surface area contributed by atoms with Crippen molar-refractivity contribution in [2.45, 2.75) is 61.8 Å². The largest absolute Gasteiger partial charge is 0.491 e. The number of nitrogens with two attached hydrogens (primary N) is 1. The van der Waals surface area contributed by atoms with Crippen LogP contribution in [0, 0.1) is 11.6 Å². The number of ether oxygens (including phenoxy) is 1. The van der Waals surface area contributed by atoms with E-state index in [1.807, 2.05) is 0 Å². The van der Waals surface area contributed by atoms with Crippen molar-refractivity contribution in [2.24, 2.45) is 5.73 Å². The van der Waals surface area contributed by atoms with Gasteiger partial charge in [-0.25, -0.2) is 17.2 Å². The van der Waals surface area contributed by atoms with E-state index in [2.05, 4.69) is 10.6 Å². The number of carbonyl (C=O) groups is 3. The molecule has 2 atom stereocenters. The zero-order valence-corrected chi connectivity index (χ0v) is 25.6. The Balaban J connectivity index is 1.60. The summed E-state index contributed by atoms with van der Waals surface area (Å²) >= 11 is 0. The van der Waals surface area contributed by atoms with Gasteiger partial charge in [0.25, 0.3) is 0 Å². The van der Waals surface area contributed by atoms with Crippen LogP contribution in [0.1, 0.15) is 73.1 Å². The van der Waals surface area contributed by atoms with Gasteiger partial charge in [0.2, 0.25) is 17.7 Å². The van der Waals surface area contributed by atoms with E-state index in [1.165, 1.54) is 48.2 Å². The number of nitrogens with one attached hydrogen (secondary N) is 2. The van der Waals surface area contributed by atoms with Crippen LogP contribution in [0.5, 0.6) is 5.75 Å². The maximum Gasteiger partial charge on any atom is 0.250 e. The van der Waals surface area contributed by atoms with Crippen molar-refractivity contribution in [3.63, 3.8) is 0 Å². The minimum Gasteiger partial charge on any atom is -0.491 e. The zero-order chi connectivity index (χ0) is 32.5. The van der Waals surface area contributed by atoms with E-state index in [9.17, 15) is 27.2 Å². The summed E-state index contributed by atoms with van der Waals surface area (Å²) in [5.74, 6) is -3.22. The topological polar surface area (TPSA) is 148 Å². The molecule has 1 saturated heterocycles. The Labute approximate surface area is 259 Å². The highest BCUT2D eigenvalue weighted by Gasteiger charge is 2.42. The molecule has 4 N–H and O–H groups in total. The molecule has 1 heterocycles. The summed E-state index contributed by atoms with van der Waals surface area (Å²) in [5.41, 5.74) is 6.22. The molecule has 0 unspecified atom stereocenters.